The summed E-state index contributed by atoms with van der Waals surface area (Å²) in [5.41, 5.74) is 4.84. The molecule has 5 aromatic rings. The number of sulfonamides is 1. The third kappa shape index (κ3) is 6.21. The fourth-order valence-electron chi connectivity index (χ4n) is 5.95. The molecule has 220 valence electrons. The molecule has 1 aliphatic heterocycles. The maximum atomic E-state index is 13.3. The number of aliphatic imine (C=N–C) groups is 1. The largest absolute Gasteiger partial charge is 0.494 e. The molecule has 0 bridgehead atoms. The molecule has 1 aliphatic rings. The summed E-state index contributed by atoms with van der Waals surface area (Å²) in [6.45, 7) is 5.51. The summed E-state index contributed by atoms with van der Waals surface area (Å²) in [5, 5.41) is 11.7. The number of nitrogens with zero attached hydrogens (tertiary/aromatic N) is 2. The minimum absolute atomic E-state index is 0.0761. The van der Waals surface area contributed by atoms with Gasteiger partial charge in [0.1, 0.15) is 0 Å². The van der Waals surface area contributed by atoms with Gasteiger partial charge in [-0.2, -0.15) is 0 Å². The lowest BCUT2D eigenvalue weighted by molar-refractivity contribution is 0.0953. The zero-order valence-electron chi connectivity index (χ0n) is 24.4. The molecule has 6 rings (SSSR count). The fourth-order valence-corrected chi connectivity index (χ4v) is 7.03. The second-order valence-corrected chi connectivity index (χ2v) is 13.0. The predicted molar refractivity (Wildman–Crippen MR) is 174 cm³/mol. The van der Waals surface area contributed by atoms with E-state index >= 15 is 0 Å². The van der Waals surface area contributed by atoms with Crippen molar-refractivity contribution in [2.24, 2.45) is 4.99 Å². The number of nitrogens with one attached hydrogen (secondary N) is 2. The van der Waals surface area contributed by atoms with Crippen LogP contribution >= 0.6 is 0 Å². The summed E-state index contributed by atoms with van der Waals surface area (Å²) in [5.74, 6) is -0.0761. The van der Waals surface area contributed by atoms with Crippen molar-refractivity contribution in [1.82, 2.24) is 9.88 Å². The topological polar surface area (TPSA) is 97.8 Å². The molecule has 2 heterocycles. The van der Waals surface area contributed by atoms with Crippen LogP contribution in [0.3, 0.4) is 0 Å². The molecule has 7 nitrogen and oxygen atoms in total. The number of rotatable bonds is 8. The first-order valence-electron chi connectivity index (χ1n) is 14.7. The highest BCUT2D eigenvalue weighted by Crippen LogP contribution is 2.34. The molecule has 1 aromatic heterocycles. The molecule has 2 atom stereocenters. The molecule has 1 saturated heterocycles. The summed E-state index contributed by atoms with van der Waals surface area (Å²) in [6, 6.07) is 32.5. The van der Waals surface area contributed by atoms with Crippen molar-refractivity contribution in [1.29, 1.82) is 0 Å². The smallest absolute Gasteiger partial charge is 0.261 e. The van der Waals surface area contributed by atoms with E-state index in [9.17, 15) is 13.5 Å². The summed E-state index contributed by atoms with van der Waals surface area (Å²) in [6.07, 6.45) is 3.74. The SMILES string of the molecule is CC1CCCC(C)N1Cc1ccc(N=C(c2ccccc2)c2c(O)[nH]c3ccc(S(=O)(=O)Nc4ccccc4)cc23)cc1. The van der Waals surface area contributed by atoms with Crippen LogP contribution in [0, 0.1) is 0 Å². The molecule has 4 aromatic carbocycles. The molecule has 43 heavy (non-hydrogen) atoms. The number of anilines is 1. The van der Waals surface area contributed by atoms with Crippen molar-refractivity contribution in [3.8, 4) is 5.88 Å². The number of hydrogen-bond donors (Lipinski definition) is 3. The third-order valence-electron chi connectivity index (χ3n) is 8.29. The molecule has 0 saturated carbocycles. The van der Waals surface area contributed by atoms with E-state index in [2.05, 4.69) is 40.6 Å². The highest BCUT2D eigenvalue weighted by atomic mass is 32.2. The quantitative estimate of drug-likeness (QED) is 0.162. The number of aromatic hydroxyl groups is 1. The standard InChI is InChI=1S/C35H36N4O3S/c1-24-10-9-11-25(2)39(24)23-26-16-18-28(19-17-26)36-34(27-12-5-3-6-13-27)33-31-22-30(20-21-32(31)37-35(33)40)43(41,42)38-29-14-7-4-8-15-29/h3-8,12-22,24-25,37-38,40H,9-11,23H2,1-2H3. The Balaban J connectivity index is 1.38. The molecule has 3 N–H and O–H groups in total. The Morgan fingerprint density at radius 1 is 0.907 bits per heavy atom. The first kappa shape index (κ1) is 28.7. The average Bonchev–Trinajstić information content (AvgIpc) is 3.34. The first-order valence-corrected chi connectivity index (χ1v) is 16.2. The van der Waals surface area contributed by atoms with Gasteiger partial charge in [-0.05, 0) is 74.7 Å². The highest BCUT2D eigenvalue weighted by molar-refractivity contribution is 7.92. The summed E-state index contributed by atoms with van der Waals surface area (Å²) in [7, 11) is -3.88. The summed E-state index contributed by atoms with van der Waals surface area (Å²) in [4.78, 5) is 10.7. The predicted octanol–water partition coefficient (Wildman–Crippen LogP) is 7.61. The number of likely N-dealkylation sites (tertiary alicyclic amines) is 1. The monoisotopic (exact) mass is 592 g/mol. The van der Waals surface area contributed by atoms with Crippen LogP contribution in [-0.4, -0.2) is 41.2 Å². The molecular formula is C35H36N4O3S. The van der Waals surface area contributed by atoms with Crippen LogP contribution in [0.25, 0.3) is 10.9 Å². The number of benzene rings is 4. The van der Waals surface area contributed by atoms with E-state index in [1.807, 2.05) is 48.5 Å². The van der Waals surface area contributed by atoms with Crippen molar-refractivity contribution < 1.29 is 13.5 Å². The van der Waals surface area contributed by atoms with Gasteiger partial charge in [-0.1, -0.05) is 67.1 Å². The van der Waals surface area contributed by atoms with Crippen molar-refractivity contribution in [2.45, 2.75) is 56.6 Å². The van der Waals surface area contributed by atoms with Crippen molar-refractivity contribution in [3.05, 3.63) is 120 Å². The van der Waals surface area contributed by atoms with Crippen LogP contribution in [0.1, 0.15) is 49.8 Å². The maximum absolute atomic E-state index is 13.3. The van der Waals surface area contributed by atoms with Crippen LogP contribution in [0.2, 0.25) is 0 Å². The number of hydrogen-bond acceptors (Lipinski definition) is 5. The highest BCUT2D eigenvalue weighted by Gasteiger charge is 2.25. The molecule has 1 fully saturated rings. The van der Waals surface area contributed by atoms with Gasteiger partial charge in [0, 0.05) is 40.8 Å². The van der Waals surface area contributed by atoms with Gasteiger partial charge in [-0.15, -0.1) is 0 Å². The molecular weight excluding hydrogens is 556 g/mol. The van der Waals surface area contributed by atoms with Gasteiger partial charge in [0.2, 0.25) is 0 Å². The number of fused-ring (bicyclic) bond motifs is 1. The van der Waals surface area contributed by atoms with E-state index in [0.29, 0.717) is 39.9 Å². The lowest BCUT2D eigenvalue weighted by Gasteiger charge is -2.39. The molecule has 8 heteroatoms. The van der Waals surface area contributed by atoms with E-state index in [4.69, 9.17) is 4.99 Å². The maximum Gasteiger partial charge on any atom is 0.261 e. The third-order valence-corrected chi connectivity index (χ3v) is 9.67. The lowest BCUT2D eigenvalue weighted by Crippen LogP contribution is -2.42. The normalized spacial score (nSPS) is 18.1. The summed E-state index contributed by atoms with van der Waals surface area (Å²) < 4.78 is 29.2. The molecule has 0 radical (unpaired) electrons. The molecule has 0 spiro atoms. The van der Waals surface area contributed by atoms with E-state index in [1.165, 1.54) is 30.9 Å². The van der Waals surface area contributed by atoms with E-state index in [0.717, 1.165) is 17.8 Å². The van der Waals surface area contributed by atoms with Crippen molar-refractivity contribution in [3.63, 3.8) is 0 Å². The zero-order chi connectivity index (χ0) is 30.0. The zero-order valence-corrected chi connectivity index (χ0v) is 25.2. The van der Waals surface area contributed by atoms with E-state index in [1.54, 1.807) is 36.4 Å². The van der Waals surface area contributed by atoms with Gasteiger partial charge in [-0.3, -0.25) is 9.62 Å². The van der Waals surface area contributed by atoms with Gasteiger partial charge >= 0.3 is 0 Å². The number of para-hydroxylation sites is 1. The average molecular weight is 593 g/mol. The van der Waals surface area contributed by atoms with Crippen molar-refractivity contribution >= 4 is 38.0 Å². The van der Waals surface area contributed by atoms with Crippen molar-refractivity contribution in [2.75, 3.05) is 4.72 Å². The summed E-state index contributed by atoms with van der Waals surface area (Å²) >= 11 is 0. The van der Waals surface area contributed by atoms with Gasteiger partial charge in [0.15, 0.2) is 5.88 Å². The molecule has 0 amide bonds. The van der Waals surface area contributed by atoms with Gasteiger partial charge in [-0.25, -0.2) is 13.4 Å². The van der Waals surface area contributed by atoms with Crippen LogP contribution < -0.4 is 4.72 Å². The molecule has 2 unspecified atom stereocenters. The van der Waals surface area contributed by atoms with Crippen LogP contribution in [-0.2, 0) is 16.6 Å². The van der Waals surface area contributed by atoms with Gasteiger partial charge < -0.3 is 10.1 Å². The van der Waals surface area contributed by atoms with Crippen LogP contribution in [0.15, 0.2) is 113 Å². The minimum Gasteiger partial charge on any atom is -0.494 e. The van der Waals surface area contributed by atoms with Gasteiger partial charge in [0.05, 0.1) is 21.9 Å². The fraction of sp³-hybridized carbons (Fsp3) is 0.229. The van der Waals surface area contributed by atoms with E-state index in [-0.39, 0.29) is 10.8 Å². The Bertz CT molecular complexity index is 1840. The van der Waals surface area contributed by atoms with Crippen LogP contribution in [0.5, 0.6) is 5.88 Å². The lowest BCUT2D eigenvalue weighted by atomic mass is 9.96. The number of aromatic amines is 1. The second kappa shape index (κ2) is 12.1. The Morgan fingerprint density at radius 2 is 1.56 bits per heavy atom. The Labute approximate surface area is 253 Å². The Hall–Kier alpha value is -4.40. The van der Waals surface area contributed by atoms with Gasteiger partial charge in [0.25, 0.3) is 10.0 Å². The Kier molecular flexibility index (Phi) is 8.06. The molecule has 0 aliphatic carbocycles. The number of H-pyrrole nitrogens is 1. The number of piperidine rings is 1. The minimum atomic E-state index is -3.88. The number of aromatic nitrogens is 1. The Morgan fingerprint density at radius 3 is 2.23 bits per heavy atom. The van der Waals surface area contributed by atoms with E-state index < -0.39 is 10.0 Å². The second-order valence-electron chi connectivity index (χ2n) is 11.3. The van der Waals surface area contributed by atoms with Crippen LogP contribution in [0.4, 0.5) is 11.4 Å². The first-order chi connectivity index (χ1) is 20.8.